The number of aliphatic hydroxyl groups is 1. The van der Waals surface area contributed by atoms with Gasteiger partial charge < -0.3 is 5.11 Å². The molecule has 2 unspecified atom stereocenters. The van der Waals surface area contributed by atoms with Crippen LogP contribution in [-0.2, 0) is 0 Å². The summed E-state index contributed by atoms with van der Waals surface area (Å²) in [6, 6.07) is 0. The summed E-state index contributed by atoms with van der Waals surface area (Å²) in [5.41, 5.74) is 1.46. The second-order valence-electron chi connectivity index (χ2n) is 3.59. The van der Waals surface area contributed by atoms with Gasteiger partial charge in [-0.15, -0.1) is 0 Å². The van der Waals surface area contributed by atoms with Crippen LogP contribution in [0.2, 0.25) is 0 Å². The Labute approximate surface area is 70.5 Å². The molecular formula is C10H18O. The molecule has 0 spiro atoms. The molecule has 0 saturated heterocycles. The van der Waals surface area contributed by atoms with Gasteiger partial charge in [-0.25, -0.2) is 0 Å². The number of hydrogen-bond donors (Lipinski definition) is 1. The van der Waals surface area contributed by atoms with Crippen LogP contribution in [0.5, 0.6) is 0 Å². The van der Waals surface area contributed by atoms with E-state index in [4.69, 9.17) is 6.48 Å². The molecule has 1 rings (SSSR count). The van der Waals surface area contributed by atoms with Crippen molar-refractivity contribution in [2.45, 2.75) is 33.1 Å². The largest absolute Gasteiger partial charge is 0.396 e. The van der Waals surface area contributed by atoms with Crippen molar-refractivity contribution < 1.29 is 6.48 Å². The highest BCUT2D eigenvalue weighted by atomic mass is 16.3. The Morgan fingerprint density at radius 2 is 2.64 bits per heavy atom. The monoisotopic (exact) mass is 156 g/mol. The summed E-state index contributed by atoms with van der Waals surface area (Å²) in [7, 11) is 0. The molecule has 0 amide bonds. The average molecular weight is 156 g/mol. The molecule has 0 bridgehead atoms. The van der Waals surface area contributed by atoms with Crippen LogP contribution in [0.4, 0.5) is 0 Å². The molecule has 11 heavy (non-hydrogen) atoms. The van der Waals surface area contributed by atoms with E-state index in [9.17, 15) is 0 Å². The van der Waals surface area contributed by atoms with E-state index in [-0.39, 0.29) is 5.92 Å². The minimum Gasteiger partial charge on any atom is -0.396 e. The average Bonchev–Trinajstić information content (AvgIpc) is 2.04. The lowest BCUT2D eigenvalue weighted by Crippen LogP contribution is -2.17. The first-order valence-corrected chi connectivity index (χ1v) is 4.37. The SMILES string of the molecule is [3H]C(O)C(C)[C@@H]1CC=C(C)CC1. The Morgan fingerprint density at radius 3 is 3.09 bits per heavy atom. The predicted molar refractivity (Wildman–Crippen MR) is 47.3 cm³/mol. The van der Waals surface area contributed by atoms with Gasteiger partial charge in [-0.1, -0.05) is 18.6 Å². The fourth-order valence-corrected chi connectivity index (χ4v) is 1.58. The summed E-state index contributed by atoms with van der Waals surface area (Å²) in [6.07, 6.45) is 5.57. The van der Waals surface area contributed by atoms with Gasteiger partial charge in [0.1, 0.15) is 0 Å². The topological polar surface area (TPSA) is 20.2 Å². The molecule has 1 N–H and O–H groups in total. The summed E-state index contributed by atoms with van der Waals surface area (Å²) in [5, 5.41) is 9.09. The number of allylic oxidation sites excluding steroid dienone is 2. The molecule has 1 nitrogen and oxygen atoms in total. The highest BCUT2D eigenvalue weighted by molar-refractivity contribution is 5.03. The predicted octanol–water partition coefficient (Wildman–Crippen LogP) is 2.36. The van der Waals surface area contributed by atoms with Gasteiger partial charge in [0.2, 0.25) is 0 Å². The molecule has 3 atom stereocenters. The zero-order valence-electron chi connectivity index (χ0n) is 8.38. The van der Waals surface area contributed by atoms with Crippen molar-refractivity contribution >= 4 is 0 Å². The minimum absolute atomic E-state index is 0.120. The Kier molecular flexibility index (Phi) is 2.62. The highest BCUT2D eigenvalue weighted by Gasteiger charge is 2.17. The second-order valence-corrected chi connectivity index (χ2v) is 3.59. The number of hydrogen-bond acceptors (Lipinski definition) is 1. The maximum atomic E-state index is 9.09. The molecule has 64 valence electrons. The lowest BCUT2D eigenvalue weighted by molar-refractivity contribution is 0.180. The summed E-state index contributed by atoms with van der Waals surface area (Å²) in [5.74, 6) is 0.635. The number of rotatable bonds is 2. The van der Waals surface area contributed by atoms with Gasteiger partial charge in [-0.3, -0.25) is 0 Å². The Hall–Kier alpha value is -0.300. The molecule has 1 aliphatic carbocycles. The Morgan fingerprint density at radius 1 is 1.91 bits per heavy atom. The quantitative estimate of drug-likeness (QED) is 0.608. The van der Waals surface area contributed by atoms with Crippen molar-refractivity contribution in [2.24, 2.45) is 11.8 Å². The van der Waals surface area contributed by atoms with Crippen LogP contribution in [0.1, 0.15) is 34.5 Å². The van der Waals surface area contributed by atoms with Crippen molar-refractivity contribution in [3.8, 4) is 0 Å². The van der Waals surface area contributed by atoms with Crippen LogP contribution >= 0.6 is 0 Å². The van der Waals surface area contributed by atoms with Gasteiger partial charge in [0.05, 0.1) is 1.37 Å². The van der Waals surface area contributed by atoms with Gasteiger partial charge in [0.25, 0.3) is 0 Å². The second kappa shape index (κ2) is 3.91. The van der Waals surface area contributed by atoms with Crippen LogP contribution in [0.25, 0.3) is 0 Å². The van der Waals surface area contributed by atoms with Crippen LogP contribution in [0.3, 0.4) is 0 Å². The van der Waals surface area contributed by atoms with E-state index in [1.54, 1.807) is 0 Å². The van der Waals surface area contributed by atoms with Crippen molar-refractivity contribution in [1.29, 1.82) is 0 Å². The zero-order valence-corrected chi connectivity index (χ0v) is 7.38. The Balaban J connectivity index is 2.45. The summed E-state index contributed by atoms with van der Waals surface area (Å²) in [4.78, 5) is 0. The van der Waals surface area contributed by atoms with Crippen LogP contribution < -0.4 is 0 Å². The molecular weight excluding hydrogens is 136 g/mol. The van der Waals surface area contributed by atoms with E-state index in [0.29, 0.717) is 5.92 Å². The van der Waals surface area contributed by atoms with Crippen molar-refractivity contribution in [1.82, 2.24) is 0 Å². The van der Waals surface area contributed by atoms with Crippen molar-refractivity contribution in [2.75, 3.05) is 6.58 Å². The Bertz CT molecular complexity index is 175. The van der Waals surface area contributed by atoms with Gasteiger partial charge in [-0.2, -0.15) is 0 Å². The maximum Gasteiger partial charge on any atom is 0.0567 e. The molecule has 0 aromatic heterocycles. The highest BCUT2D eigenvalue weighted by Crippen LogP contribution is 2.28. The molecule has 0 aliphatic heterocycles. The van der Waals surface area contributed by atoms with E-state index in [0.717, 1.165) is 19.3 Å². The van der Waals surface area contributed by atoms with Crippen molar-refractivity contribution in [3.05, 3.63) is 11.6 Å². The van der Waals surface area contributed by atoms with Gasteiger partial charge in [0, 0.05) is 6.58 Å². The summed E-state index contributed by atoms with van der Waals surface area (Å²) >= 11 is 0. The maximum absolute atomic E-state index is 9.09. The van der Waals surface area contributed by atoms with Crippen LogP contribution in [0.15, 0.2) is 11.6 Å². The molecule has 0 fully saturated rings. The molecule has 0 aromatic rings. The third-order valence-electron chi connectivity index (χ3n) is 2.66. The summed E-state index contributed by atoms with van der Waals surface area (Å²) in [6.45, 7) is 3.22. The number of aliphatic hydroxyl groups excluding tert-OH is 1. The first kappa shape index (κ1) is 7.35. The molecule has 1 heteroatoms. The van der Waals surface area contributed by atoms with Crippen molar-refractivity contribution in [3.63, 3.8) is 0 Å². The zero-order chi connectivity index (χ0) is 9.14. The molecule has 1 aliphatic rings. The van der Waals surface area contributed by atoms with E-state index in [2.05, 4.69) is 13.0 Å². The smallest absolute Gasteiger partial charge is 0.0567 e. The first-order valence-electron chi connectivity index (χ1n) is 4.95. The normalized spacial score (nSPS) is 32.1. The minimum atomic E-state index is -0.901. The lowest BCUT2D eigenvalue weighted by Gasteiger charge is -2.24. The van der Waals surface area contributed by atoms with Gasteiger partial charge in [0.15, 0.2) is 0 Å². The standard InChI is InChI=1S/C10H18O/c1-8-3-5-10(6-4-8)9(2)7-11/h3,9-11H,4-7H2,1-2H3/t9?,10-/m1/s1/i7T/t7?,9?,10-. The third-order valence-corrected chi connectivity index (χ3v) is 2.66. The third kappa shape index (κ3) is 2.33. The van der Waals surface area contributed by atoms with Gasteiger partial charge >= 0.3 is 0 Å². The fraction of sp³-hybridized carbons (Fsp3) is 0.800. The van der Waals surface area contributed by atoms with E-state index >= 15 is 0 Å². The van der Waals surface area contributed by atoms with E-state index in [1.807, 2.05) is 6.92 Å². The van der Waals surface area contributed by atoms with E-state index < -0.39 is 6.58 Å². The molecule has 0 aromatic carbocycles. The molecule has 0 radical (unpaired) electrons. The van der Waals surface area contributed by atoms with Gasteiger partial charge in [-0.05, 0) is 38.0 Å². The fourth-order valence-electron chi connectivity index (χ4n) is 1.58. The molecule has 0 heterocycles. The molecule has 0 saturated carbocycles. The van der Waals surface area contributed by atoms with Crippen LogP contribution in [0, 0.1) is 11.8 Å². The van der Waals surface area contributed by atoms with E-state index in [1.165, 1.54) is 5.57 Å². The van der Waals surface area contributed by atoms with Crippen LogP contribution in [-0.4, -0.2) is 11.7 Å². The summed E-state index contributed by atoms with van der Waals surface area (Å²) < 4.78 is 7.21. The lowest BCUT2D eigenvalue weighted by atomic mass is 9.82. The first-order chi connectivity index (χ1) is 5.61.